The Morgan fingerprint density at radius 1 is 1.27 bits per heavy atom. The van der Waals surface area contributed by atoms with Gasteiger partial charge in [-0.05, 0) is 18.2 Å². The largest absolute Gasteiger partial charge is 0.347 e. The summed E-state index contributed by atoms with van der Waals surface area (Å²) < 4.78 is 26.7. The predicted molar refractivity (Wildman–Crippen MR) is 97.5 cm³/mol. The normalized spacial score (nSPS) is 16.3. The molecular formula is C16H24ClN4O4S+. The van der Waals surface area contributed by atoms with Crippen LogP contribution in [-0.2, 0) is 19.6 Å². The van der Waals surface area contributed by atoms with Crippen molar-refractivity contribution in [1.29, 1.82) is 0 Å². The van der Waals surface area contributed by atoms with Crippen molar-refractivity contribution in [3.05, 3.63) is 29.3 Å². The van der Waals surface area contributed by atoms with Crippen LogP contribution in [0.2, 0.25) is 5.02 Å². The Bertz CT molecular complexity index is 761. The number of hydrogen-bond acceptors (Lipinski definition) is 4. The lowest BCUT2D eigenvalue weighted by Crippen LogP contribution is -3.15. The number of nitrogens with zero attached hydrogens (tertiary/aromatic N) is 2. The summed E-state index contributed by atoms with van der Waals surface area (Å²) in [5.41, 5.74) is 0. The van der Waals surface area contributed by atoms with Crippen LogP contribution in [0.5, 0.6) is 0 Å². The summed E-state index contributed by atoms with van der Waals surface area (Å²) in [4.78, 5) is 26.0. The van der Waals surface area contributed by atoms with Gasteiger partial charge in [-0.15, -0.1) is 0 Å². The number of sulfonamides is 1. The van der Waals surface area contributed by atoms with E-state index in [4.69, 9.17) is 11.6 Å². The number of amides is 2. The number of carbonyl (C=O) groups excluding carboxylic acids is 2. The maximum absolute atomic E-state index is 12.6. The molecule has 1 fully saturated rings. The molecule has 0 unspecified atom stereocenters. The van der Waals surface area contributed by atoms with Gasteiger partial charge in [-0.25, -0.2) is 8.42 Å². The summed E-state index contributed by atoms with van der Waals surface area (Å²) in [6.07, 6.45) is 0. The van der Waals surface area contributed by atoms with E-state index in [0.717, 1.165) is 4.90 Å². The van der Waals surface area contributed by atoms with E-state index in [1.54, 1.807) is 26.2 Å². The number of hydrogen-bond donors (Lipinski definition) is 2. The Labute approximate surface area is 158 Å². The molecular weight excluding hydrogens is 380 g/mol. The lowest BCUT2D eigenvalue weighted by molar-refractivity contribution is -0.895. The fourth-order valence-electron chi connectivity index (χ4n) is 2.62. The lowest BCUT2D eigenvalue weighted by atomic mass is 10.3. The maximum atomic E-state index is 12.6. The highest BCUT2D eigenvalue weighted by molar-refractivity contribution is 7.89. The fourth-order valence-corrected chi connectivity index (χ4v) is 4.36. The topological polar surface area (TPSA) is 91.2 Å². The molecule has 1 aliphatic heterocycles. The van der Waals surface area contributed by atoms with Gasteiger partial charge < -0.3 is 15.1 Å². The maximum Gasteiger partial charge on any atom is 0.275 e. The number of piperazine rings is 1. The van der Waals surface area contributed by atoms with Crippen molar-refractivity contribution in [3.63, 3.8) is 0 Å². The molecule has 1 aromatic rings. The van der Waals surface area contributed by atoms with Gasteiger partial charge in [0.25, 0.3) is 5.91 Å². The highest BCUT2D eigenvalue weighted by Gasteiger charge is 2.31. The number of quaternary nitrogens is 1. The Morgan fingerprint density at radius 2 is 1.92 bits per heavy atom. The summed E-state index contributed by atoms with van der Waals surface area (Å²) in [7, 11) is -0.334. The molecule has 1 aliphatic rings. The van der Waals surface area contributed by atoms with Gasteiger partial charge in [0.1, 0.15) is 0 Å². The zero-order valence-electron chi connectivity index (χ0n) is 14.9. The Balaban J connectivity index is 1.85. The van der Waals surface area contributed by atoms with Gasteiger partial charge in [-0.2, -0.15) is 4.31 Å². The minimum absolute atomic E-state index is 0.0333. The van der Waals surface area contributed by atoms with Crippen molar-refractivity contribution >= 4 is 33.4 Å². The SMILES string of the molecule is CN(C)C(=O)CNC(=O)C[NH+]1CCN(S(=O)(=O)c2cccc(Cl)c2)CC1. The van der Waals surface area contributed by atoms with E-state index in [9.17, 15) is 18.0 Å². The molecule has 26 heavy (non-hydrogen) atoms. The van der Waals surface area contributed by atoms with Crippen molar-refractivity contribution < 1.29 is 22.9 Å². The first-order chi connectivity index (χ1) is 12.2. The Kier molecular flexibility index (Phi) is 6.99. The summed E-state index contributed by atoms with van der Waals surface area (Å²) in [6, 6.07) is 6.19. The smallest absolute Gasteiger partial charge is 0.275 e. The summed E-state index contributed by atoms with van der Waals surface area (Å²) in [5.74, 6) is -0.396. The highest BCUT2D eigenvalue weighted by Crippen LogP contribution is 2.19. The molecule has 144 valence electrons. The average Bonchev–Trinajstić information content (AvgIpc) is 2.60. The van der Waals surface area contributed by atoms with Gasteiger partial charge in [0.2, 0.25) is 15.9 Å². The zero-order chi connectivity index (χ0) is 19.3. The third-order valence-corrected chi connectivity index (χ3v) is 6.34. The van der Waals surface area contributed by atoms with E-state index in [0.29, 0.717) is 31.2 Å². The van der Waals surface area contributed by atoms with Gasteiger partial charge in [-0.1, -0.05) is 17.7 Å². The lowest BCUT2D eigenvalue weighted by Gasteiger charge is -2.31. The van der Waals surface area contributed by atoms with E-state index in [-0.39, 0.29) is 29.8 Å². The van der Waals surface area contributed by atoms with Crippen LogP contribution in [0, 0.1) is 0 Å². The molecule has 0 aromatic heterocycles. The molecule has 0 saturated carbocycles. The monoisotopic (exact) mass is 403 g/mol. The van der Waals surface area contributed by atoms with Crippen LogP contribution in [0.3, 0.4) is 0 Å². The number of carbonyl (C=O) groups is 2. The van der Waals surface area contributed by atoms with Gasteiger partial charge in [0.15, 0.2) is 6.54 Å². The fraction of sp³-hybridized carbons (Fsp3) is 0.500. The first-order valence-electron chi connectivity index (χ1n) is 8.26. The summed E-state index contributed by atoms with van der Waals surface area (Å²) in [5, 5.41) is 2.96. The Morgan fingerprint density at radius 3 is 2.50 bits per heavy atom. The second-order valence-corrected chi connectivity index (χ2v) is 8.73. The van der Waals surface area contributed by atoms with Crippen molar-refractivity contribution in [1.82, 2.24) is 14.5 Å². The van der Waals surface area contributed by atoms with Crippen LogP contribution >= 0.6 is 11.6 Å². The van der Waals surface area contributed by atoms with Crippen molar-refractivity contribution in [2.75, 3.05) is 53.4 Å². The molecule has 8 nitrogen and oxygen atoms in total. The molecule has 2 amide bonds. The van der Waals surface area contributed by atoms with E-state index < -0.39 is 10.0 Å². The van der Waals surface area contributed by atoms with Crippen LogP contribution in [0.4, 0.5) is 0 Å². The summed E-state index contributed by atoms with van der Waals surface area (Å²) >= 11 is 5.88. The number of benzene rings is 1. The number of likely N-dealkylation sites (N-methyl/N-ethyl adjacent to an activating group) is 1. The third kappa shape index (κ3) is 5.41. The minimum Gasteiger partial charge on any atom is -0.347 e. The second kappa shape index (κ2) is 8.81. The average molecular weight is 404 g/mol. The minimum atomic E-state index is -3.58. The van der Waals surface area contributed by atoms with Crippen LogP contribution in [-0.4, -0.2) is 82.8 Å². The quantitative estimate of drug-likeness (QED) is 0.600. The van der Waals surface area contributed by atoms with Crippen LogP contribution in [0.25, 0.3) is 0 Å². The molecule has 1 aromatic carbocycles. The van der Waals surface area contributed by atoms with Crippen molar-refractivity contribution in [2.45, 2.75) is 4.90 Å². The second-order valence-electron chi connectivity index (χ2n) is 6.35. The molecule has 2 N–H and O–H groups in total. The molecule has 1 heterocycles. The van der Waals surface area contributed by atoms with E-state index in [1.807, 2.05) is 0 Å². The summed E-state index contributed by atoms with van der Waals surface area (Å²) in [6.45, 7) is 1.88. The van der Waals surface area contributed by atoms with Crippen LogP contribution in [0.15, 0.2) is 29.2 Å². The molecule has 2 rings (SSSR count). The number of nitrogens with one attached hydrogen (secondary N) is 2. The molecule has 0 radical (unpaired) electrons. The third-order valence-electron chi connectivity index (χ3n) is 4.21. The molecule has 10 heteroatoms. The van der Waals surface area contributed by atoms with Gasteiger partial charge >= 0.3 is 0 Å². The molecule has 0 spiro atoms. The van der Waals surface area contributed by atoms with E-state index >= 15 is 0 Å². The first kappa shape index (κ1) is 20.6. The van der Waals surface area contributed by atoms with Gasteiger partial charge in [-0.3, -0.25) is 9.59 Å². The van der Waals surface area contributed by atoms with E-state index in [1.165, 1.54) is 21.3 Å². The van der Waals surface area contributed by atoms with Crippen LogP contribution in [0.1, 0.15) is 0 Å². The molecule has 0 atom stereocenters. The van der Waals surface area contributed by atoms with Gasteiger partial charge in [0.05, 0.1) is 37.6 Å². The Hall–Kier alpha value is -1.68. The zero-order valence-corrected chi connectivity index (χ0v) is 16.4. The number of rotatable bonds is 6. The van der Waals surface area contributed by atoms with E-state index in [2.05, 4.69) is 5.32 Å². The number of halogens is 1. The molecule has 0 aliphatic carbocycles. The standard InChI is InChI=1S/C16H23ClN4O4S/c1-19(2)16(23)11-18-15(22)12-20-6-8-21(9-7-20)26(24,25)14-5-3-4-13(17)10-14/h3-5,10H,6-9,11-12H2,1-2H3,(H,18,22)/p+1. The van der Waals surface area contributed by atoms with Crippen molar-refractivity contribution in [3.8, 4) is 0 Å². The molecule has 0 bridgehead atoms. The molecule has 1 saturated heterocycles. The van der Waals surface area contributed by atoms with Crippen LogP contribution < -0.4 is 10.2 Å². The predicted octanol–water partition coefficient (Wildman–Crippen LogP) is -1.57. The van der Waals surface area contributed by atoms with Crippen molar-refractivity contribution in [2.24, 2.45) is 0 Å². The first-order valence-corrected chi connectivity index (χ1v) is 10.1. The highest BCUT2D eigenvalue weighted by atomic mass is 35.5. The van der Waals surface area contributed by atoms with Gasteiger partial charge in [0, 0.05) is 19.1 Å².